The Balaban J connectivity index is 1.61. The van der Waals surface area contributed by atoms with Crippen molar-refractivity contribution in [3.05, 3.63) is 111 Å². The molecule has 2 aromatic heterocycles. The summed E-state index contributed by atoms with van der Waals surface area (Å²) < 4.78 is 25.6. The normalized spacial score (nSPS) is 15.3. The van der Waals surface area contributed by atoms with Crippen molar-refractivity contribution >= 4 is 27.8 Å². The van der Waals surface area contributed by atoms with E-state index in [1.807, 2.05) is 18.2 Å². The first kappa shape index (κ1) is 20.1. The summed E-state index contributed by atoms with van der Waals surface area (Å²) in [7, 11) is 0. The van der Waals surface area contributed by atoms with E-state index in [1.165, 1.54) is 36.6 Å². The molecule has 3 heterocycles. The lowest BCUT2D eigenvalue weighted by Gasteiger charge is -2.25. The fourth-order valence-electron chi connectivity index (χ4n) is 4.61. The number of hydrogen-bond acceptors (Lipinski definition) is 5. The molecular weight excluding hydrogens is 437 g/mol. The molecule has 1 unspecified atom stereocenters. The molecule has 7 heteroatoms. The number of nitrogens with one attached hydrogen (secondary N) is 1. The van der Waals surface area contributed by atoms with Gasteiger partial charge in [0.25, 0.3) is 5.56 Å². The fraction of sp³-hybridized carbons (Fsp3) is 0.0741. The first-order valence-corrected chi connectivity index (χ1v) is 10.7. The van der Waals surface area contributed by atoms with Crippen LogP contribution in [-0.4, -0.2) is 11.0 Å². The lowest BCUT2D eigenvalue weighted by Crippen LogP contribution is -2.26. The van der Waals surface area contributed by atoms with Crippen LogP contribution < -0.4 is 15.7 Å². The molecule has 0 saturated heterocycles. The third kappa shape index (κ3) is 3.05. The molecule has 1 atom stereocenters. The van der Waals surface area contributed by atoms with Gasteiger partial charge in [0.05, 0.1) is 17.4 Å². The first-order valence-electron chi connectivity index (χ1n) is 10.7. The molecule has 6 nitrogen and oxygen atoms in total. The van der Waals surface area contributed by atoms with Crippen molar-refractivity contribution in [2.45, 2.75) is 12.3 Å². The smallest absolute Gasteiger partial charge is 0.312 e. The third-order valence-corrected chi connectivity index (χ3v) is 6.20. The van der Waals surface area contributed by atoms with Crippen LogP contribution in [-0.2, 0) is 4.79 Å². The van der Waals surface area contributed by atoms with Crippen molar-refractivity contribution < 1.29 is 18.3 Å². The van der Waals surface area contributed by atoms with Gasteiger partial charge in [-0.15, -0.1) is 0 Å². The Bertz CT molecular complexity index is 1750. The number of fused-ring (bicyclic) bond motifs is 4. The minimum absolute atomic E-state index is 0.0819. The van der Waals surface area contributed by atoms with Crippen molar-refractivity contribution in [2.75, 3.05) is 0 Å². The number of para-hydroxylation sites is 1. The summed E-state index contributed by atoms with van der Waals surface area (Å²) in [5.74, 6) is -1.49. The fourth-order valence-corrected chi connectivity index (χ4v) is 4.61. The second-order valence-corrected chi connectivity index (χ2v) is 8.18. The predicted molar refractivity (Wildman–Crippen MR) is 125 cm³/mol. The standard InChI is InChI=1S/C27H16FNO5/c28-20-7-3-2-6-15(20)19-13-33-26-16(25(19)31)9-10-22-24(26)17(12-23(30)34-22)18-11-14-5-1-4-8-21(14)29-27(18)32/h1-11,13,17H,12H2,(H,29,32). The Morgan fingerprint density at radius 1 is 0.912 bits per heavy atom. The summed E-state index contributed by atoms with van der Waals surface area (Å²) >= 11 is 0. The second kappa shape index (κ2) is 7.52. The van der Waals surface area contributed by atoms with Crippen molar-refractivity contribution in [1.82, 2.24) is 4.98 Å². The Morgan fingerprint density at radius 2 is 1.71 bits per heavy atom. The molecule has 0 bridgehead atoms. The van der Waals surface area contributed by atoms with Gasteiger partial charge in [0.1, 0.15) is 23.4 Å². The quantitative estimate of drug-likeness (QED) is 0.304. The molecule has 5 aromatic rings. The molecule has 0 amide bonds. The number of ether oxygens (including phenoxy) is 1. The largest absolute Gasteiger partial charge is 0.463 e. The average Bonchev–Trinajstić information content (AvgIpc) is 2.83. The van der Waals surface area contributed by atoms with Gasteiger partial charge in [0.15, 0.2) is 0 Å². The van der Waals surface area contributed by atoms with E-state index in [4.69, 9.17) is 9.15 Å². The maximum atomic E-state index is 14.4. The van der Waals surface area contributed by atoms with Crippen LogP contribution in [0, 0.1) is 5.82 Å². The van der Waals surface area contributed by atoms with Crippen molar-refractivity contribution in [1.29, 1.82) is 0 Å². The summed E-state index contributed by atoms with van der Waals surface area (Å²) in [5, 5.41) is 1.01. The number of aromatic nitrogens is 1. The number of pyridine rings is 1. The van der Waals surface area contributed by atoms with Gasteiger partial charge in [-0.25, -0.2) is 4.39 Å². The number of aromatic amines is 1. The van der Waals surface area contributed by atoms with Gasteiger partial charge in [0.2, 0.25) is 5.43 Å². The molecule has 0 spiro atoms. The van der Waals surface area contributed by atoms with Crippen LogP contribution in [0.4, 0.5) is 4.39 Å². The van der Waals surface area contributed by atoms with Crippen molar-refractivity contribution in [2.24, 2.45) is 0 Å². The SMILES string of the molecule is O=C1CC(c2cc3ccccc3[nH]c2=O)c2c(ccc3c(=O)c(-c4ccccc4F)coc23)O1. The van der Waals surface area contributed by atoms with E-state index in [2.05, 4.69) is 4.98 Å². The summed E-state index contributed by atoms with van der Waals surface area (Å²) in [4.78, 5) is 41.6. The lowest BCUT2D eigenvalue weighted by molar-refractivity contribution is -0.135. The Labute approximate surface area is 191 Å². The van der Waals surface area contributed by atoms with Gasteiger partial charge in [-0.2, -0.15) is 0 Å². The molecular formula is C27H16FNO5. The molecule has 1 N–H and O–H groups in total. The van der Waals surface area contributed by atoms with Crippen molar-refractivity contribution in [3.63, 3.8) is 0 Å². The first-order chi connectivity index (χ1) is 16.5. The van der Waals surface area contributed by atoms with Crippen LogP contribution in [0.3, 0.4) is 0 Å². The van der Waals surface area contributed by atoms with Gasteiger partial charge >= 0.3 is 5.97 Å². The topological polar surface area (TPSA) is 89.4 Å². The highest BCUT2D eigenvalue weighted by molar-refractivity contribution is 5.90. The average molecular weight is 453 g/mol. The number of benzene rings is 3. The van der Waals surface area contributed by atoms with Crippen LogP contribution in [0.15, 0.2) is 87.0 Å². The van der Waals surface area contributed by atoms with Crippen LogP contribution in [0.1, 0.15) is 23.5 Å². The lowest BCUT2D eigenvalue weighted by atomic mass is 9.85. The van der Waals surface area contributed by atoms with E-state index in [0.29, 0.717) is 16.6 Å². The third-order valence-electron chi connectivity index (χ3n) is 6.20. The Hall–Kier alpha value is -4.52. The minimum Gasteiger partial charge on any atom is -0.463 e. The predicted octanol–water partition coefficient (Wildman–Crippen LogP) is 4.88. The number of H-pyrrole nitrogens is 1. The Morgan fingerprint density at radius 3 is 2.56 bits per heavy atom. The molecule has 0 saturated carbocycles. The number of esters is 1. The van der Waals surface area contributed by atoms with Gasteiger partial charge in [0, 0.05) is 28.1 Å². The number of halogens is 1. The molecule has 34 heavy (non-hydrogen) atoms. The highest BCUT2D eigenvalue weighted by Gasteiger charge is 2.34. The van der Waals surface area contributed by atoms with Gasteiger partial charge in [-0.3, -0.25) is 14.4 Å². The van der Waals surface area contributed by atoms with Gasteiger partial charge < -0.3 is 14.1 Å². The highest BCUT2D eigenvalue weighted by atomic mass is 19.1. The van der Waals surface area contributed by atoms with Gasteiger partial charge in [-0.1, -0.05) is 36.4 Å². The minimum atomic E-state index is -0.684. The van der Waals surface area contributed by atoms with E-state index >= 15 is 0 Å². The van der Waals surface area contributed by atoms with Crippen LogP contribution >= 0.6 is 0 Å². The zero-order valence-corrected chi connectivity index (χ0v) is 17.6. The molecule has 166 valence electrons. The molecule has 1 aliphatic rings. The van der Waals surface area contributed by atoms with E-state index in [0.717, 1.165) is 5.39 Å². The number of hydrogen-bond donors (Lipinski definition) is 1. The second-order valence-electron chi connectivity index (χ2n) is 8.18. The summed E-state index contributed by atoms with van der Waals surface area (Å²) in [6.07, 6.45) is 1.12. The molecule has 0 fully saturated rings. The maximum Gasteiger partial charge on any atom is 0.312 e. The van der Waals surface area contributed by atoms with E-state index in [1.54, 1.807) is 18.2 Å². The number of carbonyl (C=O) groups is 1. The zero-order valence-electron chi connectivity index (χ0n) is 17.6. The van der Waals surface area contributed by atoms with Gasteiger partial charge in [-0.05, 0) is 35.7 Å². The zero-order chi connectivity index (χ0) is 23.4. The van der Waals surface area contributed by atoms with E-state index < -0.39 is 23.1 Å². The van der Waals surface area contributed by atoms with Crippen LogP contribution in [0.5, 0.6) is 5.75 Å². The number of rotatable bonds is 2. The molecule has 3 aromatic carbocycles. The summed E-state index contributed by atoms with van der Waals surface area (Å²) in [5.41, 5.74) is 1.13. The highest BCUT2D eigenvalue weighted by Crippen LogP contribution is 2.42. The van der Waals surface area contributed by atoms with E-state index in [-0.39, 0.29) is 39.8 Å². The van der Waals surface area contributed by atoms with Crippen LogP contribution in [0.2, 0.25) is 0 Å². The molecule has 6 rings (SSSR count). The van der Waals surface area contributed by atoms with E-state index in [9.17, 15) is 18.8 Å². The number of carbonyl (C=O) groups excluding carboxylic acids is 1. The Kier molecular flexibility index (Phi) is 4.45. The van der Waals surface area contributed by atoms with Crippen molar-refractivity contribution in [3.8, 4) is 16.9 Å². The molecule has 1 aliphatic heterocycles. The summed E-state index contributed by atoms with van der Waals surface area (Å²) in [6, 6.07) is 18.0. The van der Waals surface area contributed by atoms with Crippen LogP contribution in [0.25, 0.3) is 33.0 Å². The maximum absolute atomic E-state index is 14.4. The monoisotopic (exact) mass is 453 g/mol. The summed E-state index contributed by atoms with van der Waals surface area (Å²) in [6.45, 7) is 0. The molecule has 0 aliphatic carbocycles. The molecule has 0 radical (unpaired) electrons.